The highest BCUT2D eigenvalue weighted by Crippen LogP contribution is 2.25. The van der Waals surface area contributed by atoms with Crippen molar-refractivity contribution in [1.82, 2.24) is 0 Å². The molecule has 1 atom stereocenters. The van der Waals surface area contributed by atoms with Crippen LogP contribution in [0.2, 0.25) is 0 Å². The minimum absolute atomic E-state index is 0.310. The van der Waals surface area contributed by atoms with E-state index in [0.717, 1.165) is 5.75 Å². The molecule has 0 radical (unpaired) electrons. The van der Waals surface area contributed by atoms with Crippen molar-refractivity contribution in [1.29, 1.82) is 0 Å². The number of hydrogen-bond donors (Lipinski definition) is 0. The van der Waals surface area contributed by atoms with Crippen LogP contribution in [-0.2, 0) is 4.74 Å². The fourth-order valence-corrected chi connectivity index (χ4v) is 1.98. The number of hydrogen-bond acceptors (Lipinski definition) is 2. The van der Waals surface area contributed by atoms with E-state index in [9.17, 15) is 0 Å². The first kappa shape index (κ1) is 13.6. The Morgan fingerprint density at radius 2 is 1.53 bits per heavy atom. The van der Waals surface area contributed by atoms with E-state index >= 15 is 0 Å². The van der Waals surface area contributed by atoms with Crippen molar-refractivity contribution in [3.63, 3.8) is 0 Å². The Kier molecular flexibility index (Phi) is 4.99. The Morgan fingerprint density at radius 3 is 2.16 bits per heavy atom. The van der Waals surface area contributed by atoms with E-state index in [1.165, 1.54) is 11.1 Å². The summed E-state index contributed by atoms with van der Waals surface area (Å²) in [6.45, 7) is 5.15. The summed E-state index contributed by atoms with van der Waals surface area (Å²) in [6, 6.07) is 18.7. The van der Waals surface area contributed by atoms with Crippen LogP contribution in [0, 0.1) is 0 Å². The maximum Gasteiger partial charge on any atom is 0.189 e. The quantitative estimate of drug-likeness (QED) is 0.569. The molecular weight excluding hydrogens is 236 g/mol. The molecular formula is C17H20O2. The predicted molar refractivity (Wildman–Crippen MR) is 77.5 cm³/mol. The third kappa shape index (κ3) is 3.83. The molecule has 0 bridgehead atoms. The summed E-state index contributed by atoms with van der Waals surface area (Å²) in [5.74, 6) is 1.24. The number of rotatable bonds is 6. The van der Waals surface area contributed by atoms with Crippen molar-refractivity contribution >= 4 is 0 Å². The molecule has 2 aromatic carbocycles. The number of ether oxygens (including phenoxy) is 2. The first-order valence-electron chi connectivity index (χ1n) is 6.66. The van der Waals surface area contributed by atoms with E-state index in [0.29, 0.717) is 19.3 Å². The van der Waals surface area contributed by atoms with Gasteiger partial charge in [-0.2, -0.15) is 0 Å². The average molecular weight is 256 g/mol. The van der Waals surface area contributed by atoms with E-state index < -0.39 is 0 Å². The third-order valence-corrected chi connectivity index (χ3v) is 3.19. The zero-order valence-corrected chi connectivity index (χ0v) is 11.5. The van der Waals surface area contributed by atoms with Gasteiger partial charge in [-0.25, -0.2) is 0 Å². The topological polar surface area (TPSA) is 18.5 Å². The second-order valence-corrected chi connectivity index (χ2v) is 4.46. The van der Waals surface area contributed by atoms with E-state index in [1.54, 1.807) is 0 Å². The van der Waals surface area contributed by atoms with Crippen LogP contribution in [0.4, 0.5) is 0 Å². The van der Waals surface area contributed by atoms with E-state index in [4.69, 9.17) is 9.47 Å². The summed E-state index contributed by atoms with van der Waals surface area (Å²) in [5, 5.41) is 0. The van der Waals surface area contributed by atoms with Gasteiger partial charge in [-0.15, -0.1) is 0 Å². The number of benzene rings is 2. The van der Waals surface area contributed by atoms with Crippen LogP contribution in [0.25, 0.3) is 0 Å². The standard InChI is InChI=1S/C17H20O2/c1-3-18-13-19-17-11-9-16(10-12-17)14(2)15-7-5-4-6-8-15/h4-12,14H,3,13H2,1-2H3. The lowest BCUT2D eigenvalue weighted by Gasteiger charge is -2.13. The van der Waals surface area contributed by atoms with Crippen LogP contribution in [0.1, 0.15) is 30.9 Å². The van der Waals surface area contributed by atoms with Crippen LogP contribution in [0.5, 0.6) is 5.75 Å². The lowest BCUT2D eigenvalue weighted by Crippen LogP contribution is -2.02. The Hall–Kier alpha value is -1.80. The van der Waals surface area contributed by atoms with Crippen LogP contribution in [0.15, 0.2) is 54.6 Å². The van der Waals surface area contributed by atoms with Gasteiger partial charge in [-0.3, -0.25) is 0 Å². The molecule has 0 aromatic heterocycles. The van der Waals surface area contributed by atoms with E-state index in [2.05, 4.69) is 43.3 Å². The Balaban J connectivity index is 2.02. The second kappa shape index (κ2) is 6.95. The van der Waals surface area contributed by atoms with Crippen LogP contribution < -0.4 is 4.74 Å². The minimum atomic E-state index is 0.310. The van der Waals surface area contributed by atoms with Gasteiger partial charge in [-0.1, -0.05) is 49.4 Å². The molecule has 0 saturated carbocycles. The maximum atomic E-state index is 5.46. The molecule has 0 saturated heterocycles. The van der Waals surface area contributed by atoms with Crippen molar-refractivity contribution in [2.24, 2.45) is 0 Å². The van der Waals surface area contributed by atoms with Gasteiger partial charge in [-0.05, 0) is 30.2 Å². The van der Waals surface area contributed by atoms with Crippen molar-refractivity contribution < 1.29 is 9.47 Å². The lowest BCUT2D eigenvalue weighted by molar-refractivity contribution is 0.0224. The molecule has 2 aromatic rings. The van der Waals surface area contributed by atoms with Crippen LogP contribution in [0.3, 0.4) is 0 Å². The summed E-state index contributed by atoms with van der Waals surface area (Å²) in [7, 11) is 0. The molecule has 19 heavy (non-hydrogen) atoms. The van der Waals surface area contributed by atoms with Gasteiger partial charge in [0.2, 0.25) is 0 Å². The molecule has 0 aliphatic carbocycles. The summed E-state index contributed by atoms with van der Waals surface area (Å²) in [5.41, 5.74) is 2.61. The van der Waals surface area contributed by atoms with Crippen molar-refractivity contribution in [3.8, 4) is 5.75 Å². The summed E-state index contributed by atoms with van der Waals surface area (Å²) >= 11 is 0. The highest BCUT2D eigenvalue weighted by atomic mass is 16.7. The summed E-state index contributed by atoms with van der Waals surface area (Å²) in [6.07, 6.45) is 0. The van der Waals surface area contributed by atoms with E-state index in [1.807, 2.05) is 25.1 Å². The smallest absolute Gasteiger partial charge is 0.189 e. The molecule has 1 unspecified atom stereocenters. The lowest BCUT2D eigenvalue weighted by atomic mass is 9.93. The zero-order valence-electron chi connectivity index (χ0n) is 11.5. The normalized spacial score (nSPS) is 12.1. The van der Waals surface area contributed by atoms with Gasteiger partial charge in [0, 0.05) is 12.5 Å². The van der Waals surface area contributed by atoms with Gasteiger partial charge < -0.3 is 9.47 Å². The largest absolute Gasteiger partial charge is 0.468 e. The zero-order chi connectivity index (χ0) is 13.5. The highest BCUT2D eigenvalue weighted by Gasteiger charge is 2.07. The molecule has 0 fully saturated rings. The van der Waals surface area contributed by atoms with Crippen LogP contribution in [-0.4, -0.2) is 13.4 Å². The predicted octanol–water partition coefficient (Wildman–Crippen LogP) is 4.21. The first-order chi connectivity index (χ1) is 9.31. The van der Waals surface area contributed by atoms with Crippen molar-refractivity contribution in [2.75, 3.05) is 13.4 Å². The molecule has 0 N–H and O–H groups in total. The fraction of sp³-hybridized carbons (Fsp3) is 0.294. The Labute approximate surface area is 115 Å². The molecule has 0 aliphatic rings. The SMILES string of the molecule is CCOCOc1ccc(C(C)c2ccccc2)cc1. The maximum absolute atomic E-state index is 5.46. The molecule has 2 heteroatoms. The second-order valence-electron chi connectivity index (χ2n) is 4.46. The van der Waals surface area contributed by atoms with Gasteiger partial charge >= 0.3 is 0 Å². The Morgan fingerprint density at radius 1 is 0.895 bits per heavy atom. The molecule has 2 nitrogen and oxygen atoms in total. The summed E-state index contributed by atoms with van der Waals surface area (Å²) < 4.78 is 10.6. The van der Waals surface area contributed by atoms with Crippen LogP contribution >= 0.6 is 0 Å². The minimum Gasteiger partial charge on any atom is -0.468 e. The highest BCUT2D eigenvalue weighted by molar-refractivity contribution is 5.35. The monoisotopic (exact) mass is 256 g/mol. The van der Waals surface area contributed by atoms with Gasteiger partial charge in [0.25, 0.3) is 0 Å². The van der Waals surface area contributed by atoms with Crippen molar-refractivity contribution in [3.05, 3.63) is 65.7 Å². The molecule has 0 heterocycles. The van der Waals surface area contributed by atoms with Gasteiger partial charge in [0.15, 0.2) is 6.79 Å². The molecule has 100 valence electrons. The molecule has 0 amide bonds. The van der Waals surface area contributed by atoms with Crippen molar-refractivity contribution in [2.45, 2.75) is 19.8 Å². The van der Waals surface area contributed by atoms with Gasteiger partial charge in [0.05, 0.1) is 0 Å². The van der Waals surface area contributed by atoms with E-state index in [-0.39, 0.29) is 0 Å². The van der Waals surface area contributed by atoms with Gasteiger partial charge in [0.1, 0.15) is 5.75 Å². The Bertz CT molecular complexity index is 476. The third-order valence-electron chi connectivity index (χ3n) is 3.19. The molecule has 0 aliphatic heterocycles. The molecule has 0 spiro atoms. The first-order valence-corrected chi connectivity index (χ1v) is 6.66. The summed E-state index contributed by atoms with van der Waals surface area (Å²) in [4.78, 5) is 0. The fourth-order valence-electron chi connectivity index (χ4n) is 1.98. The average Bonchev–Trinajstić information content (AvgIpc) is 2.48. The molecule has 2 rings (SSSR count).